The number of aromatic nitrogens is 2. The Kier molecular flexibility index (Phi) is 6.49. The molecule has 1 saturated heterocycles. The van der Waals surface area contributed by atoms with Gasteiger partial charge in [-0.15, -0.1) is 10.2 Å². The molecule has 8 heteroatoms. The molecule has 1 aliphatic rings. The predicted molar refractivity (Wildman–Crippen MR) is 102 cm³/mol. The van der Waals surface area contributed by atoms with Crippen LogP contribution in [0.15, 0.2) is 40.0 Å². The second-order valence-corrected chi connectivity index (χ2v) is 7.70. The molecule has 27 heavy (non-hydrogen) atoms. The second-order valence-electron chi connectivity index (χ2n) is 6.77. The fraction of sp³-hybridized carbons (Fsp3) is 0.474. The lowest BCUT2D eigenvalue weighted by Gasteiger charge is -2.26. The van der Waals surface area contributed by atoms with Crippen LogP contribution in [0.5, 0.6) is 0 Å². The van der Waals surface area contributed by atoms with Gasteiger partial charge < -0.3 is 14.2 Å². The normalized spacial score (nSPS) is 14.2. The van der Waals surface area contributed by atoms with Gasteiger partial charge in [0.05, 0.1) is 12.3 Å². The van der Waals surface area contributed by atoms with Gasteiger partial charge in [-0.05, 0) is 25.8 Å². The third-order valence-electron chi connectivity index (χ3n) is 4.40. The van der Waals surface area contributed by atoms with Crippen LogP contribution in [0, 0.1) is 0 Å². The maximum atomic E-state index is 12.7. The van der Waals surface area contributed by atoms with Crippen LogP contribution in [0.3, 0.4) is 0 Å². The second kappa shape index (κ2) is 9.03. The largest absolute Gasteiger partial charge is 0.414 e. The van der Waals surface area contributed by atoms with Crippen LogP contribution < -0.4 is 0 Å². The maximum absolute atomic E-state index is 12.7. The molecule has 0 N–H and O–H groups in total. The highest BCUT2D eigenvalue weighted by atomic mass is 32.2. The van der Waals surface area contributed by atoms with Gasteiger partial charge in [0.1, 0.15) is 0 Å². The fourth-order valence-electron chi connectivity index (χ4n) is 2.94. The molecule has 3 rings (SSSR count). The smallest absolute Gasteiger partial charge is 0.277 e. The van der Waals surface area contributed by atoms with Gasteiger partial charge >= 0.3 is 0 Å². The molecule has 0 aliphatic carbocycles. The van der Waals surface area contributed by atoms with Gasteiger partial charge in [0.25, 0.3) is 5.22 Å². The number of likely N-dealkylation sites (tertiary alicyclic amines) is 1. The van der Waals surface area contributed by atoms with Crippen LogP contribution >= 0.6 is 11.8 Å². The fourth-order valence-corrected chi connectivity index (χ4v) is 3.61. The average molecular weight is 388 g/mol. The quantitative estimate of drug-likeness (QED) is 0.647. The molecule has 1 fully saturated rings. The number of carbonyl (C=O) groups is 2. The van der Waals surface area contributed by atoms with E-state index in [0.717, 1.165) is 18.5 Å². The number of hydrogen-bond donors (Lipinski definition) is 0. The van der Waals surface area contributed by atoms with E-state index in [1.807, 2.05) is 49.1 Å². The number of nitrogens with zero attached hydrogens (tertiary/aromatic N) is 4. The molecule has 1 aromatic heterocycles. The van der Waals surface area contributed by atoms with Gasteiger partial charge in [-0.2, -0.15) is 0 Å². The zero-order valence-electron chi connectivity index (χ0n) is 15.6. The molecule has 1 aromatic carbocycles. The van der Waals surface area contributed by atoms with Crippen molar-refractivity contribution in [1.82, 2.24) is 20.0 Å². The van der Waals surface area contributed by atoms with Crippen LogP contribution in [0.2, 0.25) is 0 Å². The number of thioether (sulfide) groups is 1. The average Bonchev–Trinajstić information content (AvgIpc) is 3.28. The van der Waals surface area contributed by atoms with Crippen molar-refractivity contribution in [3.05, 3.63) is 41.8 Å². The predicted octanol–water partition coefficient (Wildman–Crippen LogP) is 2.72. The lowest BCUT2D eigenvalue weighted by Crippen LogP contribution is -2.37. The molecule has 0 unspecified atom stereocenters. The van der Waals surface area contributed by atoms with Crippen molar-refractivity contribution >= 4 is 23.6 Å². The van der Waals surface area contributed by atoms with Crippen LogP contribution in [-0.4, -0.2) is 50.2 Å². The maximum Gasteiger partial charge on any atom is 0.277 e. The van der Waals surface area contributed by atoms with Crippen LogP contribution in [0.4, 0.5) is 0 Å². The zero-order chi connectivity index (χ0) is 19.2. The first-order chi connectivity index (χ1) is 13.0. The molecule has 2 heterocycles. The topological polar surface area (TPSA) is 79.5 Å². The minimum Gasteiger partial charge on any atom is -0.414 e. The standard InChI is InChI=1S/C19H24N4O3S/c1-14(2)23(11-15-7-4-3-5-8-15)18(25)13-27-19-21-20-16(26-19)12-22-10-6-9-17(22)24/h3-5,7-8,14H,6,9-13H2,1-2H3. The first kappa shape index (κ1) is 19.4. The van der Waals surface area contributed by atoms with Crippen molar-refractivity contribution in [2.24, 2.45) is 0 Å². The van der Waals surface area contributed by atoms with Gasteiger partial charge in [0.15, 0.2) is 0 Å². The van der Waals surface area contributed by atoms with E-state index in [4.69, 9.17) is 4.42 Å². The molecule has 0 spiro atoms. The minimum absolute atomic E-state index is 0.0216. The molecule has 2 aromatic rings. The number of benzene rings is 1. The van der Waals surface area contributed by atoms with E-state index in [9.17, 15) is 9.59 Å². The summed E-state index contributed by atoms with van der Waals surface area (Å²) < 4.78 is 5.58. The highest BCUT2D eigenvalue weighted by Gasteiger charge is 2.23. The van der Waals surface area contributed by atoms with E-state index >= 15 is 0 Å². The Hall–Kier alpha value is -2.35. The van der Waals surface area contributed by atoms with Crippen LogP contribution in [0.25, 0.3) is 0 Å². The summed E-state index contributed by atoms with van der Waals surface area (Å²) in [5.74, 6) is 0.777. The molecule has 1 aliphatic heterocycles. The molecule has 0 radical (unpaired) electrons. The van der Waals surface area contributed by atoms with E-state index in [1.54, 1.807) is 4.90 Å². The van der Waals surface area contributed by atoms with Gasteiger partial charge in [0, 0.05) is 25.6 Å². The van der Waals surface area contributed by atoms with Crippen molar-refractivity contribution in [1.29, 1.82) is 0 Å². The molecule has 2 amide bonds. The van der Waals surface area contributed by atoms with Gasteiger partial charge in [-0.3, -0.25) is 9.59 Å². The van der Waals surface area contributed by atoms with Crippen molar-refractivity contribution < 1.29 is 14.0 Å². The highest BCUT2D eigenvalue weighted by molar-refractivity contribution is 7.99. The Morgan fingerprint density at radius 3 is 2.74 bits per heavy atom. The molecule has 0 saturated carbocycles. The molecule has 0 bridgehead atoms. The van der Waals surface area contributed by atoms with Crippen molar-refractivity contribution in [3.63, 3.8) is 0 Å². The van der Waals surface area contributed by atoms with Crippen LogP contribution in [-0.2, 0) is 22.7 Å². The minimum atomic E-state index is 0.0216. The molecular weight excluding hydrogens is 364 g/mol. The SMILES string of the molecule is CC(C)N(Cc1ccccc1)C(=O)CSc1nnc(CN2CCCC2=O)o1. The summed E-state index contributed by atoms with van der Waals surface area (Å²) >= 11 is 1.23. The first-order valence-electron chi connectivity index (χ1n) is 9.09. The Bertz CT molecular complexity index is 778. The summed E-state index contributed by atoms with van der Waals surface area (Å²) in [6.45, 7) is 5.65. The van der Waals surface area contributed by atoms with Crippen molar-refractivity contribution in [3.8, 4) is 0 Å². The lowest BCUT2D eigenvalue weighted by molar-refractivity contribution is -0.130. The van der Waals surface area contributed by atoms with E-state index in [1.165, 1.54) is 11.8 Å². The Morgan fingerprint density at radius 1 is 1.30 bits per heavy atom. The Morgan fingerprint density at radius 2 is 2.07 bits per heavy atom. The summed E-state index contributed by atoms with van der Waals surface area (Å²) in [4.78, 5) is 27.9. The first-order valence-corrected chi connectivity index (χ1v) is 10.1. The van der Waals surface area contributed by atoms with E-state index in [2.05, 4.69) is 10.2 Å². The molecule has 144 valence electrons. The molecule has 7 nitrogen and oxygen atoms in total. The molecular formula is C19H24N4O3S. The van der Waals surface area contributed by atoms with E-state index in [0.29, 0.717) is 30.6 Å². The molecule has 0 atom stereocenters. The van der Waals surface area contributed by atoms with E-state index in [-0.39, 0.29) is 23.6 Å². The summed E-state index contributed by atoms with van der Waals surface area (Å²) in [5.41, 5.74) is 1.10. The summed E-state index contributed by atoms with van der Waals surface area (Å²) in [6, 6.07) is 10.0. The third kappa shape index (κ3) is 5.32. The van der Waals surface area contributed by atoms with Crippen molar-refractivity contribution in [2.75, 3.05) is 12.3 Å². The lowest BCUT2D eigenvalue weighted by atomic mass is 10.2. The third-order valence-corrected chi connectivity index (χ3v) is 5.21. The Balaban J connectivity index is 1.53. The monoisotopic (exact) mass is 388 g/mol. The van der Waals surface area contributed by atoms with Gasteiger partial charge in [0.2, 0.25) is 17.7 Å². The van der Waals surface area contributed by atoms with Gasteiger partial charge in [-0.1, -0.05) is 42.1 Å². The van der Waals surface area contributed by atoms with Crippen LogP contribution in [0.1, 0.15) is 38.1 Å². The zero-order valence-corrected chi connectivity index (χ0v) is 16.4. The number of hydrogen-bond acceptors (Lipinski definition) is 6. The Labute approximate surface area is 163 Å². The number of amides is 2. The van der Waals surface area contributed by atoms with Gasteiger partial charge in [-0.25, -0.2) is 0 Å². The van der Waals surface area contributed by atoms with Crippen molar-refractivity contribution in [2.45, 2.75) is 51.0 Å². The van der Waals surface area contributed by atoms with E-state index < -0.39 is 0 Å². The number of carbonyl (C=O) groups excluding carboxylic acids is 2. The highest BCUT2D eigenvalue weighted by Crippen LogP contribution is 2.20. The summed E-state index contributed by atoms with van der Waals surface area (Å²) in [6.07, 6.45) is 1.45. The number of rotatable bonds is 8. The summed E-state index contributed by atoms with van der Waals surface area (Å²) in [5, 5.41) is 8.32. The summed E-state index contributed by atoms with van der Waals surface area (Å²) in [7, 11) is 0.